The van der Waals surface area contributed by atoms with Crippen LogP contribution in [0.1, 0.15) is 0 Å². The number of hydrogen-bond donors (Lipinski definition) is 0. The van der Waals surface area contributed by atoms with Crippen molar-refractivity contribution in [3.63, 3.8) is 0 Å². The van der Waals surface area contributed by atoms with E-state index in [1.807, 2.05) is 0 Å². The first-order valence-corrected chi connectivity index (χ1v) is 4.28. The molecule has 64 valence electrons. The van der Waals surface area contributed by atoms with E-state index in [0.717, 1.165) is 19.7 Å². The molecule has 0 amide bonds. The smallest absolute Gasteiger partial charge is 0.0869 e. The molecular formula is C8H16N2O. The lowest BCUT2D eigenvalue weighted by molar-refractivity contribution is -0.0368. The molecule has 2 atom stereocenters. The van der Waals surface area contributed by atoms with Crippen LogP contribution in [0.2, 0.25) is 0 Å². The van der Waals surface area contributed by atoms with Crippen LogP contribution >= 0.6 is 0 Å². The maximum atomic E-state index is 5.66. The standard InChI is InChI=1S/C8H16N2O/c1-9-5-7-8(6-9)11-4-3-10(7)2/h7-8H,3-6H2,1-2H3/t7-,8-/m0/s1. The molecule has 3 nitrogen and oxygen atoms in total. The van der Waals surface area contributed by atoms with Crippen molar-refractivity contribution >= 4 is 0 Å². The number of rotatable bonds is 0. The van der Waals surface area contributed by atoms with E-state index in [4.69, 9.17) is 4.74 Å². The zero-order valence-corrected chi connectivity index (χ0v) is 7.29. The quantitative estimate of drug-likeness (QED) is 0.476. The van der Waals surface area contributed by atoms with Crippen molar-refractivity contribution in [2.24, 2.45) is 0 Å². The molecule has 2 saturated heterocycles. The summed E-state index contributed by atoms with van der Waals surface area (Å²) >= 11 is 0. The van der Waals surface area contributed by atoms with Gasteiger partial charge in [0.1, 0.15) is 0 Å². The summed E-state index contributed by atoms with van der Waals surface area (Å²) in [5.74, 6) is 0. The molecule has 0 N–H and O–H groups in total. The van der Waals surface area contributed by atoms with Crippen LogP contribution in [0.4, 0.5) is 0 Å². The van der Waals surface area contributed by atoms with Gasteiger partial charge in [0.15, 0.2) is 0 Å². The Balaban J connectivity index is 2.03. The third-order valence-corrected chi connectivity index (χ3v) is 2.76. The van der Waals surface area contributed by atoms with Crippen molar-refractivity contribution in [2.75, 3.05) is 40.3 Å². The van der Waals surface area contributed by atoms with Crippen LogP contribution < -0.4 is 0 Å². The van der Waals surface area contributed by atoms with Crippen molar-refractivity contribution in [2.45, 2.75) is 12.1 Å². The van der Waals surface area contributed by atoms with Crippen LogP contribution in [0.5, 0.6) is 0 Å². The monoisotopic (exact) mass is 156 g/mol. The highest BCUT2D eigenvalue weighted by Gasteiger charge is 2.36. The molecule has 2 aliphatic rings. The lowest BCUT2D eigenvalue weighted by atomic mass is 10.1. The van der Waals surface area contributed by atoms with Crippen LogP contribution in [0, 0.1) is 0 Å². The molecular weight excluding hydrogens is 140 g/mol. The first-order chi connectivity index (χ1) is 5.27. The zero-order valence-electron chi connectivity index (χ0n) is 7.29. The van der Waals surface area contributed by atoms with Crippen molar-refractivity contribution < 1.29 is 4.74 Å². The average Bonchev–Trinajstić information content (AvgIpc) is 2.31. The highest BCUT2D eigenvalue weighted by molar-refractivity contribution is 4.91. The van der Waals surface area contributed by atoms with E-state index >= 15 is 0 Å². The number of hydrogen-bond acceptors (Lipinski definition) is 3. The van der Waals surface area contributed by atoms with Gasteiger partial charge in [-0.2, -0.15) is 0 Å². The Morgan fingerprint density at radius 3 is 2.82 bits per heavy atom. The third kappa shape index (κ3) is 1.28. The summed E-state index contributed by atoms with van der Waals surface area (Å²) < 4.78 is 5.66. The van der Waals surface area contributed by atoms with Gasteiger partial charge in [-0.1, -0.05) is 0 Å². The van der Waals surface area contributed by atoms with E-state index in [1.165, 1.54) is 6.54 Å². The molecule has 0 radical (unpaired) electrons. The molecule has 0 aromatic rings. The molecule has 0 aromatic carbocycles. The van der Waals surface area contributed by atoms with E-state index in [0.29, 0.717) is 12.1 Å². The fourth-order valence-electron chi connectivity index (χ4n) is 2.04. The molecule has 0 spiro atoms. The predicted molar refractivity (Wildman–Crippen MR) is 43.7 cm³/mol. The molecule has 0 saturated carbocycles. The normalized spacial score (nSPS) is 40.9. The molecule has 2 heterocycles. The molecule has 0 aliphatic carbocycles. The maximum Gasteiger partial charge on any atom is 0.0869 e. The van der Waals surface area contributed by atoms with E-state index < -0.39 is 0 Å². The first kappa shape index (κ1) is 7.53. The Bertz CT molecular complexity index is 151. The summed E-state index contributed by atoms with van der Waals surface area (Å²) in [6.07, 6.45) is 0.471. The summed E-state index contributed by atoms with van der Waals surface area (Å²) in [6.45, 7) is 4.27. The number of nitrogens with zero attached hydrogens (tertiary/aromatic N) is 2. The van der Waals surface area contributed by atoms with Gasteiger partial charge in [-0.05, 0) is 14.1 Å². The molecule has 11 heavy (non-hydrogen) atoms. The highest BCUT2D eigenvalue weighted by atomic mass is 16.5. The largest absolute Gasteiger partial charge is 0.374 e. The van der Waals surface area contributed by atoms with Crippen LogP contribution in [-0.2, 0) is 4.74 Å². The fraction of sp³-hybridized carbons (Fsp3) is 1.00. The van der Waals surface area contributed by atoms with Gasteiger partial charge in [-0.3, -0.25) is 4.90 Å². The fourth-order valence-corrected chi connectivity index (χ4v) is 2.04. The van der Waals surface area contributed by atoms with E-state index in [-0.39, 0.29) is 0 Å². The first-order valence-electron chi connectivity index (χ1n) is 4.28. The van der Waals surface area contributed by atoms with Gasteiger partial charge in [-0.25, -0.2) is 0 Å². The Labute approximate surface area is 67.9 Å². The summed E-state index contributed by atoms with van der Waals surface area (Å²) in [7, 11) is 4.36. The van der Waals surface area contributed by atoms with E-state index in [9.17, 15) is 0 Å². The third-order valence-electron chi connectivity index (χ3n) is 2.76. The molecule has 3 heteroatoms. The number of ether oxygens (including phenoxy) is 1. The Hall–Kier alpha value is -0.120. The van der Waals surface area contributed by atoms with Crippen molar-refractivity contribution in [3.8, 4) is 0 Å². The SMILES string of the molecule is CN1C[C@@H]2OCCN(C)[C@H]2C1. The number of morpholine rings is 1. The van der Waals surface area contributed by atoms with Crippen LogP contribution in [0.25, 0.3) is 0 Å². The van der Waals surface area contributed by atoms with Crippen LogP contribution in [0.3, 0.4) is 0 Å². The molecule has 0 bridgehead atoms. The van der Waals surface area contributed by atoms with Gasteiger partial charge >= 0.3 is 0 Å². The number of likely N-dealkylation sites (N-methyl/N-ethyl adjacent to an activating group) is 2. The van der Waals surface area contributed by atoms with E-state index in [2.05, 4.69) is 23.9 Å². The molecule has 2 fully saturated rings. The lowest BCUT2D eigenvalue weighted by Gasteiger charge is -2.33. The van der Waals surface area contributed by atoms with Gasteiger partial charge in [-0.15, -0.1) is 0 Å². The molecule has 0 unspecified atom stereocenters. The second kappa shape index (κ2) is 2.73. The van der Waals surface area contributed by atoms with Crippen molar-refractivity contribution in [1.29, 1.82) is 0 Å². The van der Waals surface area contributed by atoms with Crippen molar-refractivity contribution in [3.05, 3.63) is 0 Å². The van der Waals surface area contributed by atoms with E-state index in [1.54, 1.807) is 0 Å². The number of fused-ring (bicyclic) bond motifs is 1. The number of likely N-dealkylation sites (tertiary alicyclic amines) is 1. The van der Waals surface area contributed by atoms with Gasteiger partial charge in [0.25, 0.3) is 0 Å². The Morgan fingerprint density at radius 2 is 2.09 bits per heavy atom. The summed E-state index contributed by atoms with van der Waals surface area (Å²) in [6, 6.07) is 0.647. The van der Waals surface area contributed by atoms with Gasteiger partial charge in [0, 0.05) is 25.7 Å². The zero-order chi connectivity index (χ0) is 7.84. The summed E-state index contributed by atoms with van der Waals surface area (Å²) in [5, 5.41) is 0. The van der Waals surface area contributed by atoms with Crippen LogP contribution in [0.15, 0.2) is 0 Å². The average molecular weight is 156 g/mol. The van der Waals surface area contributed by atoms with Crippen LogP contribution in [-0.4, -0.2) is 62.3 Å². The lowest BCUT2D eigenvalue weighted by Crippen LogP contribution is -2.48. The predicted octanol–water partition coefficient (Wildman–Crippen LogP) is -0.369. The second-order valence-electron chi connectivity index (χ2n) is 3.68. The minimum absolute atomic E-state index is 0.471. The molecule has 2 aliphatic heterocycles. The second-order valence-corrected chi connectivity index (χ2v) is 3.68. The van der Waals surface area contributed by atoms with Crippen molar-refractivity contribution in [1.82, 2.24) is 9.80 Å². The summed E-state index contributed by atoms with van der Waals surface area (Å²) in [4.78, 5) is 4.76. The Morgan fingerprint density at radius 1 is 1.27 bits per heavy atom. The minimum Gasteiger partial charge on any atom is -0.374 e. The minimum atomic E-state index is 0.471. The Kier molecular flexibility index (Phi) is 1.87. The topological polar surface area (TPSA) is 15.7 Å². The molecule has 0 aromatic heterocycles. The maximum absolute atomic E-state index is 5.66. The van der Waals surface area contributed by atoms with Gasteiger partial charge in [0.2, 0.25) is 0 Å². The van der Waals surface area contributed by atoms with Gasteiger partial charge < -0.3 is 9.64 Å². The highest BCUT2D eigenvalue weighted by Crippen LogP contribution is 2.19. The summed E-state index contributed by atoms with van der Waals surface area (Å²) in [5.41, 5.74) is 0. The molecule has 2 rings (SSSR count). The van der Waals surface area contributed by atoms with Gasteiger partial charge in [0.05, 0.1) is 12.7 Å².